The maximum Gasteiger partial charge on any atom is 0.261 e. The van der Waals surface area contributed by atoms with Crippen molar-refractivity contribution in [1.29, 1.82) is 0 Å². The zero-order valence-electron chi connectivity index (χ0n) is 20.4. The van der Waals surface area contributed by atoms with Crippen molar-refractivity contribution in [3.05, 3.63) is 69.8 Å². The van der Waals surface area contributed by atoms with Crippen molar-refractivity contribution in [3.63, 3.8) is 0 Å². The molecule has 1 unspecified atom stereocenters. The van der Waals surface area contributed by atoms with Crippen LogP contribution in [-0.2, 0) is 24.2 Å². The minimum Gasteiger partial charge on any atom is -0.496 e. The summed E-state index contributed by atoms with van der Waals surface area (Å²) in [6, 6.07) is 13.1. The molecule has 2 aliphatic heterocycles. The van der Waals surface area contributed by atoms with E-state index in [1.165, 1.54) is 0 Å². The summed E-state index contributed by atoms with van der Waals surface area (Å²) in [6.07, 6.45) is 7.10. The number of nitrogens with zero attached hydrogens (tertiary/aromatic N) is 3. The molecule has 0 bridgehead atoms. The van der Waals surface area contributed by atoms with Gasteiger partial charge in [0.05, 0.1) is 24.1 Å². The van der Waals surface area contributed by atoms with Gasteiger partial charge in [-0.1, -0.05) is 31.0 Å². The Balaban J connectivity index is 1.49. The van der Waals surface area contributed by atoms with Crippen LogP contribution in [0.5, 0.6) is 5.75 Å². The molecule has 1 atom stereocenters. The second-order valence-electron chi connectivity index (χ2n) is 9.51. The van der Waals surface area contributed by atoms with Crippen LogP contribution < -0.4 is 10.3 Å². The fourth-order valence-electron chi connectivity index (χ4n) is 5.20. The molecule has 5 rings (SSSR count). The molecule has 0 N–H and O–H groups in total. The molecule has 0 radical (unpaired) electrons. The van der Waals surface area contributed by atoms with Crippen molar-refractivity contribution in [2.75, 3.05) is 20.3 Å². The third-order valence-corrected chi connectivity index (χ3v) is 7.10. The Morgan fingerprint density at radius 3 is 2.83 bits per heavy atom. The Kier molecular flexibility index (Phi) is 7.13. The molecule has 1 fully saturated rings. The highest BCUT2D eigenvalue weighted by Gasteiger charge is 2.25. The van der Waals surface area contributed by atoms with Crippen LogP contribution in [-0.4, -0.2) is 46.7 Å². The predicted molar refractivity (Wildman–Crippen MR) is 135 cm³/mol. The molecule has 0 spiro atoms. The number of carbonyl (C=O) groups excluding carboxylic acids is 1. The minimum absolute atomic E-state index is 0.00358. The van der Waals surface area contributed by atoms with Crippen LogP contribution in [0.2, 0.25) is 0 Å². The SMILES string of the molecule is COc1ccccc1CN(CC1CCCO1)C(=O)c1ccc2c(=O)n3c(nc2c1)CCCCCC3. The van der Waals surface area contributed by atoms with Crippen molar-refractivity contribution in [3.8, 4) is 5.75 Å². The number of fused-ring (bicyclic) bond motifs is 2. The molecule has 1 saturated heterocycles. The zero-order chi connectivity index (χ0) is 24.2. The van der Waals surface area contributed by atoms with Gasteiger partial charge in [-0.3, -0.25) is 14.2 Å². The Morgan fingerprint density at radius 1 is 1.14 bits per heavy atom. The largest absolute Gasteiger partial charge is 0.496 e. The lowest BCUT2D eigenvalue weighted by atomic mass is 10.1. The number of hydrogen-bond acceptors (Lipinski definition) is 5. The maximum absolute atomic E-state index is 13.8. The molecule has 35 heavy (non-hydrogen) atoms. The molecule has 0 aliphatic carbocycles. The Hall–Kier alpha value is -3.19. The number of ether oxygens (including phenoxy) is 2. The van der Waals surface area contributed by atoms with Gasteiger partial charge in [0.2, 0.25) is 0 Å². The lowest BCUT2D eigenvalue weighted by Crippen LogP contribution is -2.37. The fraction of sp³-hybridized carbons (Fsp3) is 0.464. The first-order valence-electron chi connectivity index (χ1n) is 12.7. The second-order valence-corrected chi connectivity index (χ2v) is 9.51. The molecule has 3 heterocycles. The number of amides is 1. The lowest BCUT2D eigenvalue weighted by Gasteiger charge is -2.26. The third kappa shape index (κ3) is 5.10. The van der Waals surface area contributed by atoms with Gasteiger partial charge in [-0.25, -0.2) is 4.98 Å². The number of carbonyl (C=O) groups is 1. The number of benzene rings is 2. The highest BCUT2D eigenvalue weighted by Crippen LogP contribution is 2.24. The molecule has 7 heteroatoms. The summed E-state index contributed by atoms with van der Waals surface area (Å²) in [5, 5.41) is 0.571. The topological polar surface area (TPSA) is 73.7 Å². The molecule has 0 saturated carbocycles. The van der Waals surface area contributed by atoms with E-state index in [1.807, 2.05) is 33.7 Å². The molecule has 1 aromatic heterocycles. The van der Waals surface area contributed by atoms with E-state index in [-0.39, 0.29) is 17.6 Å². The van der Waals surface area contributed by atoms with Crippen LogP contribution in [0.4, 0.5) is 0 Å². The number of para-hydroxylation sites is 1. The van der Waals surface area contributed by atoms with Crippen LogP contribution in [0, 0.1) is 0 Å². The molecule has 3 aromatic rings. The minimum atomic E-state index is -0.0954. The van der Waals surface area contributed by atoms with Gasteiger partial charge in [0, 0.05) is 43.8 Å². The molecular formula is C28H33N3O4. The summed E-state index contributed by atoms with van der Waals surface area (Å²) in [7, 11) is 1.64. The van der Waals surface area contributed by atoms with Crippen molar-refractivity contribution in [2.24, 2.45) is 0 Å². The van der Waals surface area contributed by atoms with Gasteiger partial charge in [0.25, 0.3) is 11.5 Å². The highest BCUT2D eigenvalue weighted by molar-refractivity contribution is 5.97. The average Bonchev–Trinajstić information content (AvgIpc) is 3.37. The molecule has 1 amide bonds. The van der Waals surface area contributed by atoms with Gasteiger partial charge in [0.15, 0.2) is 0 Å². The van der Waals surface area contributed by atoms with E-state index >= 15 is 0 Å². The molecular weight excluding hydrogens is 442 g/mol. The van der Waals surface area contributed by atoms with Gasteiger partial charge >= 0.3 is 0 Å². The Labute approximate surface area is 205 Å². The number of rotatable bonds is 6. The second kappa shape index (κ2) is 10.6. The first-order chi connectivity index (χ1) is 17.1. The van der Waals surface area contributed by atoms with Crippen LogP contribution >= 0.6 is 0 Å². The fourth-order valence-corrected chi connectivity index (χ4v) is 5.20. The molecule has 184 valence electrons. The van der Waals surface area contributed by atoms with Crippen molar-refractivity contribution >= 4 is 16.8 Å². The maximum atomic E-state index is 13.8. The monoisotopic (exact) mass is 475 g/mol. The number of hydrogen-bond donors (Lipinski definition) is 0. The van der Waals surface area contributed by atoms with E-state index in [0.29, 0.717) is 36.1 Å². The normalized spacial score (nSPS) is 18.0. The third-order valence-electron chi connectivity index (χ3n) is 7.10. The first-order valence-corrected chi connectivity index (χ1v) is 12.7. The molecule has 2 aliphatic rings. The van der Waals surface area contributed by atoms with Crippen LogP contribution in [0.3, 0.4) is 0 Å². The first kappa shape index (κ1) is 23.5. The zero-order valence-corrected chi connectivity index (χ0v) is 20.4. The average molecular weight is 476 g/mol. The Morgan fingerprint density at radius 2 is 2.00 bits per heavy atom. The lowest BCUT2D eigenvalue weighted by molar-refractivity contribution is 0.0506. The highest BCUT2D eigenvalue weighted by atomic mass is 16.5. The standard InChI is InChI=1S/C28H33N3O4/c1-34-25-11-6-5-9-21(25)18-30(19-22-10-8-16-35-22)27(32)20-13-14-23-24(17-20)29-26-12-4-2-3-7-15-31(26)28(23)33/h5-6,9,11,13-14,17,22H,2-4,7-8,10,12,15-16,18-19H2,1H3. The van der Waals surface area contributed by atoms with E-state index in [2.05, 4.69) is 0 Å². The molecule has 7 nitrogen and oxygen atoms in total. The Bertz CT molecular complexity index is 1260. The van der Waals surface area contributed by atoms with E-state index < -0.39 is 0 Å². The summed E-state index contributed by atoms with van der Waals surface area (Å²) in [6.45, 7) is 2.37. The van der Waals surface area contributed by atoms with Gasteiger partial charge in [0.1, 0.15) is 11.6 Å². The summed E-state index contributed by atoms with van der Waals surface area (Å²) in [4.78, 5) is 33.6. The van der Waals surface area contributed by atoms with Crippen molar-refractivity contribution in [1.82, 2.24) is 14.5 Å². The smallest absolute Gasteiger partial charge is 0.261 e. The van der Waals surface area contributed by atoms with Gasteiger partial charge in [-0.2, -0.15) is 0 Å². The summed E-state index contributed by atoms with van der Waals surface area (Å²) in [5.41, 5.74) is 2.08. The molecule has 2 aromatic carbocycles. The number of aryl methyl sites for hydroxylation is 1. The van der Waals surface area contributed by atoms with Gasteiger partial charge in [-0.15, -0.1) is 0 Å². The summed E-state index contributed by atoms with van der Waals surface area (Å²) < 4.78 is 13.2. The van der Waals surface area contributed by atoms with E-state index in [9.17, 15) is 9.59 Å². The van der Waals surface area contributed by atoms with Gasteiger partial charge in [-0.05, 0) is 49.9 Å². The van der Waals surface area contributed by atoms with Gasteiger partial charge < -0.3 is 14.4 Å². The van der Waals surface area contributed by atoms with E-state index in [1.54, 1.807) is 25.3 Å². The summed E-state index contributed by atoms with van der Waals surface area (Å²) >= 11 is 0. The van der Waals surface area contributed by atoms with Crippen LogP contribution in [0.15, 0.2) is 47.3 Å². The quantitative estimate of drug-likeness (QED) is 0.530. The van der Waals surface area contributed by atoms with E-state index in [0.717, 1.165) is 68.7 Å². The van der Waals surface area contributed by atoms with Crippen LogP contribution in [0.25, 0.3) is 10.9 Å². The van der Waals surface area contributed by atoms with E-state index in [4.69, 9.17) is 14.5 Å². The number of methoxy groups -OCH3 is 1. The van der Waals surface area contributed by atoms with Crippen molar-refractivity contribution in [2.45, 2.75) is 64.1 Å². The summed E-state index contributed by atoms with van der Waals surface area (Å²) in [5.74, 6) is 1.49. The predicted octanol–water partition coefficient (Wildman–Crippen LogP) is 4.34. The number of aromatic nitrogens is 2. The van der Waals surface area contributed by atoms with Crippen molar-refractivity contribution < 1.29 is 14.3 Å². The van der Waals surface area contributed by atoms with Crippen LogP contribution in [0.1, 0.15) is 60.3 Å².